The average Bonchev–Trinajstić information content (AvgIpc) is 3.38. The fourth-order valence-corrected chi connectivity index (χ4v) is 3.32. The number of hydrogen-bond donors (Lipinski definition) is 4. The van der Waals surface area contributed by atoms with Gasteiger partial charge in [0, 0.05) is 31.2 Å². The van der Waals surface area contributed by atoms with E-state index in [4.69, 9.17) is 0 Å². The van der Waals surface area contributed by atoms with Gasteiger partial charge < -0.3 is 16.0 Å². The van der Waals surface area contributed by atoms with Crippen LogP contribution >= 0.6 is 0 Å². The molecular formula is C18H16N10O. The summed E-state index contributed by atoms with van der Waals surface area (Å²) in [5.74, 6) is 0.664. The number of aromatic amines is 1. The second-order valence-electron chi connectivity index (χ2n) is 6.60. The van der Waals surface area contributed by atoms with Crippen LogP contribution in [0.25, 0.3) is 27.9 Å². The Bertz CT molecular complexity index is 1250. The molecule has 1 aliphatic heterocycles. The lowest BCUT2D eigenvalue weighted by Crippen LogP contribution is -2.42. The van der Waals surface area contributed by atoms with Crippen molar-refractivity contribution >= 4 is 28.4 Å². The van der Waals surface area contributed by atoms with E-state index in [0.29, 0.717) is 53.5 Å². The zero-order valence-electron chi connectivity index (χ0n) is 15.2. The van der Waals surface area contributed by atoms with Crippen LogP contribution in [0.2, 0.25) is 0 Å². The van der Waals surface area contributed by atoms with Crippen LogP contribution in [0.3, 0.4) is 0 Å². The first-order valence-electron chi connectivity index (χ1n) is 9.08. The molecule has 4 heterocycles. The number of carbonyl (C=O) groups is 1. The Morgan fingerprint density at radius 1 is 1.28 bits per heavy atom. The molecule has 0 aliphatic carbocycles. The lowest BCUT2D eigenvalue weighted by atomic mass is 10.1. The largest absolute Gasteiger partial charge is 0.353 e. The summed E-state index contributed by atoms with van der Waals surface area (Å²) in [4.78, 5) is 21.6. The molecule has 1 aliphatic rings. The number of nitrogens with zero attached hydrogens (tertiary/aromatic N) is 6. The van der Waals surface area contributed by atoms with Gasteiger partial charge in [0.2, 0.25) is 11.9 Å². The molecule has 0 unspecified atom stereocenters. The maximum atomic E-state index is 12.4. The van der Waals surface area contributed by atoms with Gasteiger partial charge in [-0.2, -0.15) is 14.9 Å². The maximum absolute atomic E-state index is 12.4. The molecule has 11 nitrogen and oxygen atoms in total. The van der Waals surface area contributed by atoms with E-state index in [1.165, 1.54) is 0 Å². The number of fused-ring (bicyclic) bond motifs is 3. The van der Waals surface area contributed by atoms with Crippen molar-refractivity contribution in [3.63, 3.8) is 0 Å². The molecule has 0 bridgehead atoms. The van der Waals surface area contributed by atoms with Crippen molar-refractivity contribution in [1.29, 1.82) is 5.26 Å². The molecule has 3 aromatic heterocycles. The summed E-state index contributed by atoms with van der Waals surface area (Å²) in [7, 11) is 0. The first-order chi connectivity index (χ1) is 14.2. The number of anilines is 1. The fraction of sp³-hybridized carbons (Fsp3) is 0.222. The molecule has 4 aromatic rings. The van der Waals surface area contributed by atoms with Crippen LogP contribution in [0.5, 0.6) is 0 Å². The third-order valence-electron chi connectivity index (χ3n) is 4.75. The van der Waals surface area contributed by atoms with Gasteiger partial charge in [0.05, 0.1) is 22.8 Å². The Morgan fingerprint density at radius 3 is 3.03 bits per heavy atom. The fourth-order valence-electron chi connectivity index (χ4n) is 3.32. The summed E-state index contributed by atoms with van der Waals surface area (Å²) in [6.07, 6.45) is 3.32. The highest BCUT2D eigenvalue weighted by atomic mass is 16.2. The van der Waals surface area contributed by atoms with Crippen LogP contribution in [0, 0.1) is 11.3 Å². The molecule has 1 aromatic carbocycles. The molecule has 144 valence electrons. The zero-order chi connectivity index (χ0) is 19.8. The van der Waals surface area contributed by atoms with Crippen molar-refractivity contribution in [2.75, 3.05) is 25.0 Å². The molecule has 1 amide bonds. The van der Waals surface area contributed by atoms with Crippen LogP contribution in [-0.4, -0.2) is 61.4 Å². The number of benzene rings is 1. The van der Waals surface area contributed by atoms with E-state index in [2.05, 4.69) is 47.3 Å². The third-order valence-corrected chi connectivity index (χ3v) is 4.75. The van der Waals surface area contributed by atoms with Crippen LogP contribution in [-0.2, 0) is 4.79 Å². The van der Waals surface area contributed by atoms with Crippen LogP contribution in [0.15, 0.2) is 30.6 Å². The molecule has 11 heteroatoms. The zero-order valence-corrected chi connectivity index (χ0v) is 15.2. The van der Waals surface area contributed by atoms with E-state index in [1.54, 1.807) is 29.0 Å². The Morgan fingerprint density at radius 2 is 2.21 bits per heavy atom. The van der Waals surface area contributed by atoms with E-state index in [0.717, 1.165) is 5.56 Å². The van der Waals surface area contributed by atoms with Gasteiger partial charge in [-0.15, -0.1) is 5.10 Å². The maximum Gasteiger partial charge on any atom is 0.243 e. The molecule has 0 radical (unpaired) electrons. The molecule has 0 spiro atoms. The Kier molecular flexibility index (Phi) is 4.03. The molecule has 29 heavy (non-hydrogen) atoms. The molecule has 1 saturated heterocycles. The number of H-pyrrole nitrogens is 1. The predicted molar refractivity (Wildman–Crippen MR) is 104 cm³/mol. The van der Waals surface area contributed by atoms with Crippen molar-refractivity contribution in [3.05, 3.63) is 36.2 Å². The normalized spacial score (nSPS) is 17.1. The van der Waals surface area contributed by atoms with E-state index < -0.39 is 6.04 Å². The number of amides is 1. The molecule has 5 rings (SSSR count). The van der Waals surface area contributed by atoms with Gasteiger partial charge in [-0.3, -0.25) is 9.89 Å². The lowest BCUT2D eigenvalue weighted by molar-refractivity contribution is -0.121. The quantitative estimate of drug-likeness (QED) is 0.384. The number of aromatic nitrogens is 6. The van der Waals surface area contributed by atoms with E-state index in [-0.39, 0.29) is 5.91 Å². The van der Waals surface area contributed by atoms with Crippen molar-refractivity contribution in [3.8, 4) is 17.5 Å². The molecule has 1 atom stereocenters. The number of rotatable bonds is 3. The van der Waals surface area contributed by atoms with Gasteiger partial charge in [-0.1, -0.05) is 6.07 Å². The van der Waals surface area contributed by atoms with Gasteiger partial charge in [0.1, 0.15) is 12.1 Å². The Labute approximate surface area is 164 Å². The number of nitriles is 1. The number of para-hydroxylation sites is 1. The SMILES string of the molecule is N#Cc1cccc2c1nc(N[C@@H]1CNCCNC1=O)n1nc(-c3cn[nH]c3)nc21. The van der Waals surface area contributed by atoms with Crippen molar-refractivity contribution in [2.45, 2.75) is 6.04 Å². The average molecular weight is 388 g/mol. The summed E-state index contributed by atoms with van der Waals surface area (Å²) in [6, 6.07) is 6.95. The van der Waals surface area contributed by atoms with E-state index >= 15 is 0 Å². The van der Waals surface area contributed by atoms with Crippen LogP contribution < -0.4 is 16.0 Å². The predicted octanol–water partition coefficient (Wildman–Crippen LogP) is 0.0392. The second-order valence-corrected chi connectivity index (χ2v) is 6.60. The van der Waals surface area contributed by atoms with Crippen molar-refractivity contribution in [2.24, 2.45) is 0 Å². The smallest absolute Gasteiger partial charge is 0.243 e. The second kappa shape index (κ2) is 6.84. The van der Waals surface area contributed by atoms with Gasteiger partial charge in [-0.25, -0.2) is 9.97 Å². The van der Waals surface area contributed by atoms with Gasteiger partial charge in [0.15, 0.2) is 11.5 Å². The first-order valence-corrected chi connectivity index (χ1v) is 9.08. The minimum Gasteiger partial charge on any atom is -0.353 e. The lowest BCUT2D eigenvalue weighted by Gasteiger charge is -2.16. The van der Waals surface area contributed by atoms with E-state index in [9.17, 15) is 10.1 Å². The van der Waals surface area contributed by atoms with Crippen LogP contribution in [0.1, 0.15) is 5.56 Å². The van der Waals surface area contributed by atoms with Gasteiger partial charge in [0.25, 0.3) is 0 Å². The third kappa shape index (κ3) is 2.91. The van der Waals surface area contributed by atoms with Crippen molar-refractivity contribution in [1.82, 2.24) is 40.4 Å². The highest BCUT2D eigenvalue weighted by Gasteiger charge is 2.24. The summed E-state index contributed by atoms with van der Waals surface area (Å²) in [5.41, 5.74) is 2.17. The summed E-state index contributed by atoms with van der Waals surface area (Å²) >= 11 is 0. The minimum atomic E-state index is -0.540. The van der Waals surface area contributed by atoms with Crippen LogP contribution in [0.4, 0.5) is 5.95 Å². The summed E-state index contributed by atoms with van der Waals surface area (Å²) < 4.78 is 1.56. The van der Waals surface area contributed by atoms with Gasteiger partial charge in [-0.05, 0) is 12.1 Å². The highest BCUT2D eigenvalue weighted by molar-refractivity contribution is 5.96. The minimum absolute atomic E-state index is 0.131. The molecule has 4 N–H and O–H groups in total. The van der Waals surface area contributed by atoms with Crippen molar-refractivity contribution < 1.29 is 4.79 Å². The van der Waals surface area contributed by atoms with E-state index in [1.807, 2.05) is 6.07 Å². The van der Waals surface area contributed by atoms with Gasteiger partial charge >= 0.3 is 0 Å². The standard InChI is InChI=1S/C18H16N10O/c19-6-10-2-1-3-12-14(10)25-18(24-13-9-20-4-5-21-17(13)29)28-16(12)26-15(27-28)11-7-22-23-8-11/h1-3,7-8,13,20H,4-5,9H2,(H,21,29)(H,22,23)(H,24,25)/t13-/m1/s1. The number of nitrogens with one attached hydrogen (secondary N) is 4. The summed E-state index contributed by atoms with van der Waals surface area (Å²) in [6.45, 7) is 1.69. The first kappa shape index (κ1) is 17.1. The molecular weight excluding hydrogens is 372 g/mol. The Hall–Kier alpha value is -4.04. The Balaban J connectivity index is 1.72. The number of carbonyl (C=O) groups excluding carboxylic acids is 1. The summed E-state index contributed by atoms with van der Waals surface area (Å²) in [5, 5.41) is 30.7. The molecule has 0 saturated carbocycles. The highest BCUT2D eigenvalue weighted by Crippen LogP contribution is 2.26. The topological polar surface area (TPSA) is 149 Å². The molecule has 1 fully saturated rings. The number of hydrogen-bond acceptors (Lipinski definition) is 8. The monoisotopic (exact) mass is 388 g/mol.